The number of rotatable bonds is 4. The average molecular weight is 214 g/mol. The Balaban J connectivity index is -0.000000143. The molecule has 0 aromatic carbocycles. The Hall–Kier alpha value is 1.18. The average Bonchev–Trinajstić information content (AvgIpc) is 1.87. The molecule has 2 atom stereocenters. The van der Waals surface area contributed by atoms with E-state index in [9.17, 15) is 10.2 Å². The Bertz CT molecular complexity index is 65.3. The van der Waals surface area contributed by atoms with E-state index in [4.69, 9.17) is 0 Å². The van der Waals surface area contributed by atoms with Crippen molar-refractivity contribution in [3.8, 4) is 0 Å². The van der Waals surface area contributed by atoms with Gasteiger partial charge in [-0.25, -0.2) is 0 Å². The summed E-state index contributed by atoms with van der Waals surface area (Å²) in [5, 5.41) is 20.3. The van der Waals surface area contributed by atoms with E-state index in [0.717, 1.165) is 25.7 Å². The van der Waals surface area contributed by atoms with Crippen molar-refractivity contribution < 1.29 is 10.2 Å². The molecule has 0 spiro atoms. The topological polar surface area (TPSA) is 46.1 Å². The zero-order chi connectivity index (χ0) is 9.98. The molecule has 0 saturated carbocycles. The zero-order valence-electron chi connectivity index (χ0n) is 9.51. The molecular formula is C10H22CaO2. The van der Waals surface area contributed by atoms with Gasteiger partial charge in [0.2, 0.25) is 0 Å². The Labute approximate surface area is 113 Å². The fourth-order valence-corrected chi connectivity index (χ4v) is 0.813. The summed E-state index contributed by atoms with van der Waals surface area (Å²) in [4.78, 5) is 0. The molecule has 0 rings (SSSR count). The second-order valence-corrected chi connectivity index (χ2v) is 3.20. The molecule has 0 bridgehead atoms. The first kappa shape index (κ1) is 19.7. The maximum Gasteiger partial charge on any atom is 2.00 e. The van der Waals surface area contributed by atoms with Crippen molar-refractivity contribution in [1.82, 2.24) is 0 Å². The van der Waals surface area contributed by atoms with Gasteiger partial charge >= 0.3 is 37.7 Å². The summed E-state index contributed by atoms with van der Waals surface area (Å²) in [6, 6.07) is 0. The van der Waals surface area contributed by atoms with Gasteiger partial charge in [0.05, 0.1) is 0 Å². The molecule has 13 heavy (non-hydrogen) atoms. The first-order valence-electron chi connectivity index (χ1n) is 4.86. The fourth-order valence-electron chi connectivity index (χ4n) is 0.813. The Morgan fingerprint density at radius 2 is 1.08 bits per heavy atom. The third kappa shape index (κ3) is 32.0. The number of hydrogen-bond acceptors (Lipinski definition) is 2. The summed E-state index contributed by atoms with van der Waals surface area (Å²) >= 11 is 0. The molecule has 0 fully saturated rings. The molecule has 0 aliphatic carbocycles. The van der Waals surface area contributed by atoms with Crippen LogP contribution >= 0.6 is 0 Å². The monoisotopic (exact) mass is 214 g/mol. The van der Waals surface area contributed by atoms with Crippen LogP contribution in [0, 0.1) is 0 Å². The van der Waals surface area contributed by atoms with Gasteiger partial charge in [-0.15, -0.1) is 12.2 Å². The maximum absolute atomic E-state index is 10.1. The molecule has 0 radical (unpaired) electrons. The second kappa shape index (κ2) is 15.6. The summed E-state index contributed by atoms with van der Waals surface area (Å²) < 4.78 is 0. The van der Waals surface area contributed by atoms with Gasteiger partial charge in [-0.3, -0.25) is 0 Å². The molecule has 0 aromatic heterocycles. The summed E-state index contributed by atoms with van der Waals surface area (Å²) in [7, 11) is 0. The predicted octanol–water partition coefficient (Wildman–Crippen LogP) is 0.690. The van der Waals surface area contributed by atoms with Gasteiger partial charge in [0.1, 0.15) is 0 Å². The summed E-state index contributed by atoms with van der Waals surface area (Å²) in [6.45, 7) is 7.44. The molecule has 0 aliphatic heterocycles. The smallest absolute Gasteiger partial charge is 0.852 e. The van der Waals surface area contributed by atoms with Gasteiger partial charge in [0.15, 0.2) is 0 Å². The first-order chi connectivity index (χ1) is 5.54. The Kier molecular flexibility index (Phi) is 23.7. The molecule has 0 aliphatic rings. The molecule has 2 nitrogen and oxygen atoms in total. The van der Waals surface area contributed by atoms with E-state index in [2.05, 4.69) is 0 Å². The zero-order valence-corrected chi connectivity index (χ0v) is 11.7. The number of hydrogen-bond donors (Lipinski definition) is 0. The van der Waals surface area contributed by atoms with Crippen molar-refractivity contribution >= 4 is 37.7 Å². The minimum atomic E-state index is -0.352. The van der Waals surface area contributed by atoms with Crippen LogP contribution in [-0.2, 0) is 0 Å². The Morgan fingerprint density at radius 3 is 1.08 bits per heavy atom. The van der Waals surface area contributed by atoms with Crippen LogP contribution in [0.2, 0.25) is 0 Å². The Morgan fingerprint density at radius 1 is 0.846 bits per heavy atom. The molecule has 3 heteroatoms. The van der Waals surface area contributed by atoms with E-state index >= 15 is 0 Å². The minimum absolute atomic E-state index is 0. The second-order valence-electron chi connectivity index (χ2n) is 3.20. The quantitative estimate of drug-likeness (QED) is 0.646. The SMILES string of the molecule is CCCC(C)[O-].CCCC(C)[O-].[Ca+2]. The van der Waals surface area contributed by atoms with Crippen molar-refractivity contribution in [2.75, 3.05) is 0 Å². The van der Waals surface area contributed by atoms with Gasteiger partial charge in [0, 0.05) is 0 Å². The van der Waals surface area contributed by atoms with Crippen molar-refractivity contribution in [1.29, 1.82) is 0 Å². The van der Waals surface area contributed by atoms with E-state index in [1.807, 2.05) is 13.8 Å². The predicted molar refractivity (Wildman–Crippen MR) is 54.5 cm³/mol. The van der Waals surface area contributed by atoms with Gasteiger partial charge in [0.25, 0.3) is 0 Å². The normalized spacial score (nSPS) is 13.4. The largest absolute Gasteiger partial charge is 2.00 e. The standard InChI is InChI=1S/2C5H11O.Ca/c2*1-3-4-5(2)6;/h2*5H,3-4H2,1-2H3;/q2*-1;+2. The molecule has 0 aromatic rings. The summed E-state index contributed by atoms with van der Waals surface area (Å²) in [5.74, 6) is 0. The van der Waals surface area contributed by atoms with Gasteiger partial charge in [-0.2, -0.15) is 0 Å². The third-order valence-electron chi connectivity index (χ3n) is 1.39. The fraction of sp³-hybridized carbons (Fsp3) is 1.00. The minimum Gasteiger partial charge on any atom is -0.852 e. The van der Waals surface area contributed by atoms with Gasteiger partial charge < -0.3 is 10.2 Å². The molecule has 76 valence electrons. The van der Waals surface area contributed by atoms with Crippen LogP contribution in [0.15, 0.2) is 0 Å². The third-order valence-corrected chi connectivity index (χ3v) is 1.39. The van der Waals surface area contributed by atoms with Crippen LogP contribution in [0.25, 0.3) is 0 Å². The van der Waals surface area contributed by atoms with Crippen LogP contribution in [0.4, 0.5) is 0 Å². The first-order valence-corrected chi connectivity index (χ1v) is 4.86. The van der Waals surface area contributed by atoms with Crippen LogP contribution < -0.4 is 10.2 Å². The van der Waals surface area contributed by atoms with Crippen molar-refractivity contribution in [2.24, 2.45) is 0 Å². The molecule has 0 N–H and O–H groups in total. The van der Waals surface area contributed by atoms with Crippen molar-refractivity contribution in [2.45, 2.75) is 65.6 Å². The van der Waals surface area contributed by atoms with Gasteiger partial charge in [-0.05, 0) is 0 Å². The summed E-state index contributed by atoms with van der Waals surface area (Å²) in [6.07, 6.45) is 2.97. The van der Waals surface area contributed by atoms with Crippen molar-refractivity contribution in [3.63, 3.8) is 0 Å². The van der Waals surface area contributed by atoms with E-state index in [-0.39, 0.29) is 49.9 Å². The van der Waals surface area contributed by atoms with Crippen LogP contribution in [0.3, 0.4) is 0 Å². The van der Waals surface area contributed by atoms with Gasteiger partial charge in [-0.1, -0.05) is 53.4 Å². The van der Waals surface area contributed by atoms with Crippen LogP contribution in [-0.4, -0.2) is 49.9 Å². The van der Waals surface area contributed by atoms with E-state index in [1.54, 1.807) is 13.8 Å². The molecule has 0 heterocycles. The van der Waals surface area contributed by atoms with E-state index in [1.165, 1.54) is 0 Å². The van der Waals surface area contributed by atoms with Crippen molar-refractivity contribution in [3.05, 3.63) is 0 Å². The molecular weight excluding hydrogens is 192 g/mol. The van der Waals surface area contributed by atoms with Crippen LogP contribution in [0.5, 0.6) is 0 Å². The molecule has 0 saturated heterocycles. The molecule has 0 amide bonds. The van der Waals surface area contributed by atoms with E-state index in [0.29, 0.717) is 0 Å². The van der Waals surface area contributed by atoms with E-state index < -0.39 is 0 Å². The molecule has 2 unspecified atom stereocenters. The van der Waals surface area contributed by atoms with Crippen LogP contribution in [0.1, 0.15) is 53.4 Å². The summed E-state index contributed by atoms with van der Waals surface area (Å²) in [5.41, 5.74) is 0. The maximum atomic E-state index is 10.1.